The molecule has 0 amide bonds. The molecule has 0 aromatic rings. The fraction of sp³-hybridized carbons (Fsp3) is 1.00. The van der Waals surface area contributed by atoms with Crippen LogP contribution < -0.4 is 0 Å². The van der Waals surface area contributed by atoms with Gasteiger partial charge in [-0.25, -0.2) is 0 Å². The molecule has 1 atom stereocenters. The number of aliphatic hydroxyl groups is 2. The summed E-state index contributed by atoms with van der Waals surface area (Å²) in [5, 5.41) is 17.7. The van der Waals surface area contributed by atoms with Crippen LogP contribution in [0.15, 0.2) is 0 Å². The first-order valence-electron chi connectivity index (χ1n) is 4.99. The van der Waals surface area contributed by atoms with Crippen LogP contribution in [0.2, 0.25) is 0 Å². The number of hydrogen-bond acceptors (Lipinski definition) is 2. The van der Waals surface area contributed by atoms with E-state index >= 15 is 0 Å². The summed E-state index contributed by atoms with van der Waals surface area (Å²) in [6, 6.07) is 0. The number of rotatable bonds is 2. The molecule has 82 valence electrons. The van der Waals surface area contributed by atoms with Crippen molar-refractivity contribution in [3.8, 4) is 0 Å². The molecular weight excluding hydrogens is 164 g/mol. The van der Waals surface area contributed by atoms with Gasteiger partial charge in [0.25, 0.3) is 0 Å². The molecule has 0 bridgehead atoms. The minimum absolute atomic E-state index is 0.148. The van der Waals surface area contributed by atoms with E-state index in [4.69, 9.17) is 10.2 Å². The quantitative estimate of drug-likeness (QED) is 0.702. The van der Waals surface area contributed by atoms with Gasteiger partial charge in [0.1, 0.15) is 0 Å². The van der Waals surface area contributed by atoms with Crippen molar-refractivity contribution in [3.63, 3.8) is 0 Å². The Balaban J connectivity index is 0. The van der Waals surface area contributed by atoms with E-state index in [-0.39, 0.29) is 6.10 Å². The molecule has 0 spiro atoms. The third-order valence-corrected chi connectivity index (χ3v) is 2.38. The SMILES string of the molecule is CC(C)C(C)(C)O.CC(C)C(C)O. The third kappa shape index (κ3) is 11.9. The summed E-state index contributed by atoms with van der Waals surface area (Å²) in [5.41, 5.74) is -0.500. The Labute approximate surface area is 83.0 Å². The summed E-state index contributed by atoms with van der Waals surface area (Å²) < 4.78 is 0. The Morgan fingerprint density at radius 3 is 1.08 bits per heavy atom. The summed E-state index contributed by atoms with van der Waals surface area (Å²) in [6.07, 6.45) is -0.148. The third-order valence-electron chi connectivity index (χ3n) is 2.38. The van der Waals surface area contributed by atoms with Gasteiger partial charge < -0.3 is 10.2 Å². The van der Waals surface area contributed by atoms with Gasteiger partial charge in [0.05, 0.1) is 11.7 Å². The van der Waals surface area contributed by atoms with Crippen LogP contribution in [0.1, 0.15) is 48.5 Å². The predicted octanol–water partition coefficient (Wildman–Crippen LogP) is 2.44. The predicted molar refractivity (Wildman–Crippen MR) is 57.7 cm³/mol. The lowest BCUT2D eigenvalue weighted by Crippen LogP contribution is -2.25. The van der Waals surface area contributed by atoms with Crippen molar-refractivity contribution >= 4 is 0 Å². The molecule has 2 nitrogen and oxygen atoms in total. The van der Waals surface area contributed by atoms with E-state index in [9.17, 15) is 0 Å². The number of hydrogen-bond donors (Lipinski definition) is 2. The molecule has 1 unspecified atom stereocenters. The van der Waals surface area contributed by atoms with Gasteiger partial charge in [0.2, 0.25) is 0 Å². The zero-order valence-corrected chi connectivity index (χ0v) is 10.1. The standard InChI is InChI=1S/C6H14O.C5H12O/c1-5(2)6(3,4)7;1-4(2)5(3)6/h5,7H,1-4H3;4-6H,1-3H3. The van der Waals surface area contributed by atoms with Crippen LogP contribution in [-0.2, 0) is 0 Å². The van der Waals surface area contributed by atoms with Crippen LogP contribution in [0.3, 0.4) is 0 Å². The minimum atomic E-state index is -0.500. The van der Waals surface area contributed by atoms with E-state index in [0.717, 1.165) is 0 Å². The second kappa shape index (κ2) is 6.39. The van der Waals surface area contributed by atoms with Crippen molar-refractivity contribution in [2.75, 3.05) is 0 Å². The van der Waals surface area contributed by atoms with Gasteiger partial charge in [-0.1, -0.05) is 27.7 Å². The lowest BCUT2D eigenvalue weighted by Gasteiger charge is -2.21. The van der Waals surface area contributed by atoms with E-state index in [2.05, 4.69) is 0 Å². The molecule has 0 aromatic heterocycles. The van der Waals surface area contributed by atoms with E-state index in [0.29, 0.717) is 11.8 Å². The van der Waals surface area contributed by atoms with Crippen LogP contribution in [0.5, 0.6) is 0 Å². The maximum Gasteiger partial charge on any atom is 0.0614 e. The van der Waals surface area contributed by atoms with Crippen molar-refractivity contribution in [1.29, 1.82) is 0 Å². The highest BCUT2D eigenvalue weighted by atomic mass is 16.3. The molecule has 0 rings (SSSR count). The molecule has 0 heterocycles. The highest BCUT2D eigenvalue weighted by Gasteiger charge is 2.16. The van der Waals surface area contributed by atoms with E-state index in [1.165, 1.54) is 0 Å². The van der Waals surface area contributed by atoms with Gasteiger partial charge in [-0.05, 0) is 32.6 Å². The molecule has 13 heavy (non-hydrogen) atoms. The first kappa shape index (κ1) is 15.4. The van der Waals surface area contributed by atoms with Crippen LogP contribution in [0.25, 0.3) is 0 Å². The molecule has 0 saturated heterocycles. The maximum atomic E-state index is 9.09. The highest BCUT2D eigenvalue weighted by molar-refractivity contribution is 4.67. The zero-order valence-electron chi connectivity index (χ0n) is 10.1. The van der Waals surface area contributed by atoms with E-state index in [1.807, 2.05) is 41.5 Å². The van der Waals surface area contributed by atoms with Gasteiger partial charge in [-0.3, -0.25) is 0 Å². The Morgan fingerprint density at radius 2 is 1.08 bits per heavy atom. The summed E-state index contributed by atoms with van der Waals surface area (Å²) in [5.74, 6) is 0.762. The molecule has 0 fully saturated rings. The smallest absolute Gasteiger partial charge is 0.0614 e. The van der Waals surface area contributed by atoms with Crippen LogP contribution in [0, 0.1) is 11.8 Å². The molecule has 2 heteroatoms. The summed E-state index contributed by atoms with van der Waals surface area (Å²) in [6.45, 7) is 13.4. The lowest BCUT2D eigenvalue weighted by molar-refractivity contribution is 0.0327. The van der Waals surface area contributed by atoms with Crippen LogP contribution in [0.4, 0.5) is 0 Å². The summed E-state index contributed by atoms with van der Waals surface area (Å²) in [4.78, 5) is 0. The Bertz CT molecular complexity index is 104. The molecule has 0 saturated carbocycles. The Kier molecular flexibility index (Phi) is 7.56. The first-order valence-corrected chi connectivity index (χ1v) is 4.99. The minimum Gasteiger partial charge on any atom is -0.393 e. The average Bonchev–Trinajstić information content (AvgIpc) is 1.86. The largest absolute Gasteiger partial charge is 0.393 e. The molecule has 0 radical (unpaired) electrons. The van der Waals surface area contributed by atoms with Crippen molar-refractivity contribution < 1.29 is 10.2 Å². The normalized spacial score (nSPS) is 14.1. The van der Waals surface area contributed by atoms with Gasteiger partial charge in [0, 0.05) is 0 Å². The second-order valence-corrected chi connectivity index (χ2v) is 4.79. The molecule has 0 aromatic carbocycles. The monoisotopic (exact) mass is 190 g/mol. The summed E-state index contributed by atoms with van der Waals surface area (Å²) >= 11 is 0. The maximum absolute atomic E-state index is 9.09. The average molecular weight is 190 g/mol. The zero-order chi connectivity index (χ0) is 11.2. The van der Waals surface area contributed by atoms with Crippen molar-refractivity contribution in [2.24, 2.45) is 11.8 Å². The Hall–Kier alpha value is -0.0800. The van der Waals surface area contributed by atoms with E-state index in [1.54, 1.807) is 6.92 Å². The molecular formula is C11H26O2. The van der Waals surface area contributed by atoms with E-state index < -0.39 is 5.60 Å². The number of aliphatic hydroxyl groups excluding tert-OH is 1. The molecule has 0 aliphatic heterocycles. The highest BCUT2D eigenvalue weighted by Crippen LogP contribution is 2.12. The molecule has 2 N–H and O–H groups in total. The molecule has 0 aliphatic carbocycles. The van der Waals surface area contributed by atoms with Crippen molar-refractivity contribution in [3.05, 3.63) is 0 Å². The molecule has 0 aliphatic rings. The van der Waals surface area contributed by atoms with Gasteiger partial charge >= 0.3 is 0 Å². The van der Waals surface area contributed by atoms with Gasteiger partial charge in [0.15, 0.2) is 0 Å². The topological polar surface area (TPSA) is 40.5 Å². The van der Waals surface area contributed by atoms with Crippen molar-refractivity contribution in [1.82, 2.24) is 0 Å². The second-order valence-electron chi connectivity index (χ2n) is 4.79. The van der Waals surface area contributed by atoms with Gasteiger partial charge in [-0.2, -0.15) is 0 Å². The Morgan fingerprint density at radius 1 is 0.923 bits per heavy atom. The van der Waals surface area contributed by atoms with Crippen molar-refractivity contribution in [2.45, 2.75) is 60.2 Å². The fourth-order valence-corrected chi connectivity index (χ4v) is 0. The van der Waals surface area contributed by atoms with Crippen LogP contribution >= 0.6 is 0 Å². The van der Waals surface area contributed by atoms with Crippen LogP contribution in [-0.4, -0.2) is 21.9 Å². The summed E-state index contributed by atoms with van der Waals surface area (Å²) in [7, 11) is 0. The van der Waals surface area contributed by atoms with Gasteiger partial charge in [-0.15, -0.1) is 0 Å². The lowest BCUT2D eigenvalue weighted by atomic mass is 9.95. The first-order chi connectivity index (χ1) is 5.59. The fourth-order valence-electron chi connectivity index (χ4n) is 0.